The predicted octanol–water partition coefficient (Wildman–Crippen LogP) is 1.63. The highest BCUT2D eigenvalue weighted by molar-refractivity contribution is 5.52. The molecule has 0 aliphatic heterocycles. The van der Waals surface area contributed by atoms with Gasteiger partial charge in [-0.1, -0.05) is 0 Å². The summed E-state index contributed by atoms with van der Waals surface area (Å²) in [4.78, 5) is 0. The van der Waals surface area contributed by atoms with Crippen LogP contribution in [0, 0.1) is 11.3 Å². The van der Waals surface area contributed by atoms with Crippen LogP contribution in [0.25, 0.3) is 0 Å². The molecule has 5 heteroatoms. The number of nitrogens with zero attached hydrogens (tertiary/aromatic N) is 1. The molecular weight excluding hydrogens is 220 g/mol. The van der Waals surface area contributed by atoms with Gasteiger partial charge in [0.2, 0.25) is 0 Å². The molecule has 5 nitrogen and oxygen atoms in total. The third-order valence-corrected chi connectivity index (χ3v) is 2.44. The van der Waals surface area contributed by atoms with Crippen molar-refractivity contribution in [3.63, 3.8) is 0 Å². The quantitative estimate of drug-likeness (QED) is 0.840. The number of hydrogen-bond donors (Lipinski definition) is 1. The standard InChI is InChI=1S/C12H16N2O3/c1-15-8-6-10(16-2)12(9(14)4-5-13)11(7-8)17-3/h6-7,9H,4,14H2,1-3H3/t9-/m0/s1. The average Bonchev–Trinajstić information content (AvgIpc) is 2.37. The summed E-state index contributed by atoms with van der Waals surface area (Å²) in [5.41, 5.74) is 6.60. The molecule has 0 aliphatic rings. The van der Waals surface area contributed by atoms with Crippen molar-refractivity contribution in [2.75, 3.05) is 21.3 Å². The van der Waals surface area contributed by atoms with Crippen molar-refractivity contribution in [1.82, 2.24) is 0 Å². The average molecular weight is 236 g/mol. The molecule has 92 valence electrons. The van der Waals surface area contributed by atoms with E-state index in [0.29, 0.717) is 22.8 Å². The lowest BCUT2D eigenvalue weighted by Gasteiger charge is -2.18. The zero-order valence-electron chi connectivity index (χ0n) is 10.2. The normalized spacial score (nSPS) is 11.5. The van der Waals surface area contributed by atoms with Gasteiger partial charge in [-0.2, -0.15) is 5.26 Å². The van der Waals surface area contributed by atoms with E-state index < -0.39 is 6.04 Å². The van der Waals surface area contributed by atoms with Gasteiger partial charge in [0.1, 0.15) is 17.2 Å². The van der Waals surface area contributed by atoms with Crippen LogP contribution in [0.3, 0.4) is 0 Å². The zero-order valence-corrected chi connectivity index (χ0v) is 10.2. The van der Waals surface area contributed by atoms with Gasteiger partial charge in [-0.25, -0.2) is 0 Å². The molecule has 0 radical (unpaired) electrons. The number of nitrogens with two attached hydrogens (primary N) is 1. The van der Waals surface area contributed by atoms with Crippen LogP contribution < -0.4 is 19.9 Å². The Labute approximate surface area is 101 Å². The molecule has 0 aliphatic carbocycles. The van der Waals surface area contributed by atoms with E-state index >= 15 is 0 Å². The van der Waals surface area contributed by atoms with Gasteiger partial charge in [-0.3, -0.25) is 0 Å². The van der Waals surface area contributed by atoms with Gasteiger partial charge >= 0.3 is 0 Å². The first-order valence-corrected chi connectivity index (χ1v) is 5.10. The molecule has 1 rings (SSSR count). The van der Waals surface area contributed by atoms with E-state index in [2.05, 4.69) is 0 Å². The van der Waals surface area contributed by atoms with Crippen LogP contribution in [-0.4, -0.2) is 21.3 Å². The second kappa shape index (κ2) is 5.97. The molecule has 0 saturated heterocycles. The number of ether oxygens (including phenoxy) is 3. The third-order valence-electron chi connectivity index (χ3n) is 2.44. The number of rotatable bonds is 5. The van der Waals surface area contributed by atoms with Crippen molar-refractivity contribution in [1.29, 1.82) is 5.26 Å². The highest BCUT2D eigenvalue weighted by Gasteiger charge is 2.19. The fourth-order valence-electron chi connectivity index (χ4n) is 1.60. The molecule has 17 heavy (non-hydrogen) atoms. The van der Waals surface area contributed by atoms with Crippen LogP contribution in [0.2, 0.25) is 0 Å². The van der Waals surface area contributed by atoms with Crippen LogP contribution in [0.15, 0.2) is 12.1 Å². The number of nitriles is 1. The molecule has 1 aromatic rings. The van der Waals surface area contributed by atoms with Gasteiger partial charge in [0, 0.05) is 12.1 Å². The maximum absolute atomic E-state index is 8.69. The lowest BCUT2D eigenvalue weighted by atomic mass is 10.0. The summed E-state index contributed by atoms with van der Waals surface area (Å²) in [7, 11) is 4.64. The van der Waals surface area contributed by atoms with E-state index in [-0.39, 0.29) is 6.42 Å². The van der Waals surface area contributed by atoms with Crippen molar-refractivity contribution in [2.45, 2.75) is 12.5 Å². The molecule has 0 spiro atoms. The summed E-state index contributed by atoms with van der Waals surface area (Å²) in [6.45, 7) is 0. The summed E-state index contributed by atoms with van der Waals surface area (Å²) in [5, 5.41) is 8.69. The first-order valence-electron chi connectivity index (χ1n) is 5.10. The molecule has 0 unspecified atom stereocenters. The largest absolute Gasteiger partial charge is 0.496 e. The lowest BCUT2D eigenvalue weighted by Crippen LogP contribution is -2.12. The molecule has 0 saturated carbocycles. The van der Waals surface area contributed by atoms with E-state index in [0.717, 1.165) is 0 Å². The second-order valence-electron chi connectivity index (χ2n) is 3.41. The number of hydrogen-bond acceptors (Lipinski definition) is 5. The molecular formula is C12H16N2O3. The van der Waals surface area contributed by atoms with Crippen molar-refractivity contribution in [3.05, 3.63) is 17.7 Å². The summed E-state index contributed by atoms with van der Waals surface area (Å²) in [5.74, 6) is 1.74. The predicted molar refractivity (Wildman–Crippen MR) is 63.3 cm³/mol. The van der Waals surface area contributed by atoms with E-state index in [1.54, 1.807) is 19.2 Å². The van der Waals surface area contributed by atoms with Crippen molar-refractivity contribution in [3.8, 4) is 23.3 Å². The number of methoxy groups -OCH3 is 3. The minimum Gasteiger partial charge on any atom is -0.496 e. The molecule has 0 heterocycles. The van der Waals surface area contributed by atoms with E-state index in [9.17, 15) is 0 Å². The van der Waals surface area contributed by atoms with Crippen LogP contribution in [0.1, 0.15) is 18.0 Å². The molecule has 0 fully saturated rings. The van der Waals surface area contributed by atoms with Gasteiger partial charge < -0.3 is 19.9 Å². The topological polar surface area (TPSA) is 77.5 Å². The fourth-order valence-corrected chi connectivity index (χ4v) is 1.60. The molecule has 0 amide bonds. The molecule has 1 atom stereocenters. The molecule has 2 N–H and O–H groups in total. The Morgan fingerprint density at radius 1 is 1.18 bits per heavy atom. The lowest BCUT2D eigenvalue weighted by molar-refractivity contribution is 0.364. The van der Waals surface area contributed by atoms with Crippen LogP contribution in [-0.2, 0) is 0 Å². The smallest absolute Gasteiger partial charge is 0.131 e. The van der Waals surface area contributed by atoms with Crippen LogP contribution in [0.4, 0.5) is 0 Å². The van der Waals surface area contributed by atoms with Crippen molar-refractivity contribution in [2.24, 2.45) is 5.73 Å². The Bertz CT molecular complexity index is 401. The first-order chi connectivity index (χ1) is 8.17. The Kier molecular flexibility index (Phi) is 4.61. The Morgan fingerprint density at radius 2 is 1.71 bits per heavy atom. The van der Waals surface area contributed by atoms with Crippen molar-refractivity contribution < 1.29 is 14.2 Å². The highest BCUT2D eigenvalue weighted by Crippen LogP contribution is 2.38. The van der Waals surface area contributed by atoms with Crippen molar-refractivity contribution >= 4 is 0 Å². The van der Waals surface area contributed by atoms with Gasteiger partial charge in [0.05, 0.1) is 45.4 Å². The molecule has 0 aromatic heterocycles. The first kappa shape index (κ1) is 13.1. The summed E-state index contributed by atoms with van der Waals surface area (Å²) < 4.78 is 15.6. The van der Waals surface area contributed by atoms with Crippen LogP contribution >= 0.6 is 0 Å². The fraction of sp³-hybridized carbons (Fsp3) is 0.417. The van der Waals surface area contributed by atoms with Gasteiger partial charge in [0.25, 0.3) is 0 Å². The Balaban J connectivity index is 3.29. The monoisotopic (exact) mass is 236 g/mol. The second-order valence-corrected chi connectivity index (χ2v) is 3.41. The number of benzene rings is 1. The molecule has 1 aromatic carbocycles. The Morgan fingerprint density at radius 3 is 2.06 bits per heavy atom. The maximum Gasteiger partial charge on any atom is 0.131 e. The van der Waals surface area contributed by atoms with Gasteiger partial charge in [-0.15, -0.1) is 0 Å². The SMILES string of the molecule is COc1cc(OC)c([C@@H](N)CC#N)c(OC)c1. The van der Waals surface area contributed by atoms with E-state index in [1.807, 2.05) is 6.07 Å². The molecule has 0 bridgehead atoms. The Hall–Kier alpha value is -1.93. The van der Waals surface area contributed by atoms with Gasteiger partial charge in [-0.05, 0) is 0 Å². The van der Waals surface area contributed by atoms with Gasteiger partial charge in [0.15, 0.2) is 0 Å². The van der Waals surface area contributed by atoms with E-state index in [4.69, 9.17) is 25.2 Å². The zero-order chi connectivity index (χ0) is 12.8. The summed E-state index contributed by atoms with van der Waals surface area (Å²) in [6, 6.07) is 5.02. The summed E-state index contributed by atoms with van der Waals surface area (Å²) in [6.07, 6.45) is 0.194. The highest BCUT2D eigenvalue weighted by atomic mass is 16.5. The summed E-state index contributed by atoms with van der Waals surface area (Å²) >= 11 is 0. The van der Waals surface area contributed by atoms with Crippen LogP contribution in [0.5, 0.6) is 17.2 Å². The third kappa shape index (κ3) is 2.80. The maximum atomic E-state index is 8.69. The minimum absolute atomic E-state index is 0.194. The van der Waals surface area contributed by atoms with E-state index in [1.165, 1.54) is 14.2 Å². The minimum atomic E-state index is -0.448.